The molecule has 0 aliphatic heterocycles. The molecular formula is C13H10BrCl2NO2. The molecule has 100 valence electrons. The quantitative estimate of drug-likeness (QED) is 0.607. The summed E-state index contributed by atoms with van der Waals surface area (Å²) in [6, 6.07) is 8.42. The van der Waals surface area contributed by atoms with Crippen molar-refractivity contribution in [1.82, 2.24) is 0 Å². The highest BCUT2D eigenvalue weighted by atomic mass is 79.9. The van der Waals surface area contributed by atoms with E-state index in [1.165, 1.54) is 0 Å². The van der Waals surface area contributed by atoms with Crippen LogP contribution >= 0.6 is 39.1 Å². The summed E-state index contributed by atoms with van der Waals surface area (Å²) in [4.78, 5) is 0. The Morgan fingerprint density at radius 1 is 1.05 bits per heavy atom. The molecular weight excluding hydrogens is 353 g/mol. The van der Waals surface area contributed by atoms with Gasteiger partial charge in [-0.05, 0) is 34.1 Å². The number of hydrogen-bond acceptors (Lipinski definition) is 3. The van der Waals surface area contributed by atoms with Crippen molar-refractivity contribution in [3.8, 4) is 17.2 Å². The molecule has 0 radical (unpaired) electrons. The molecule has 19 heavy (non-hydrogen) atoms. The maximum absolute atomic E-state index is 6.08. The van der Waals surface area contributed by atoms with Gasteiger partial charge in [0.1, 0.15) is 11.5 Å². The minimum Gasteiger partial charge on any atom is -0.497 e. The highest BCUT2D eigenvalue weighted by molar-refractivity contribution is 9.10. The Kier molecular flexibility index (Phi) is 4.45. The van der Waals surface area contributed by atoms with Crippen LogP contribution in [-0.2, 0) is 0 Å². The Hall–Kier alpha value is -1.10. The Morgan fingerprint density at radius 2 is 1.79 bits per heavy atom. The van der Waals surface area contributed by atoms with Crippen molar-refractivity contribution in [2.24, 2.45) is 0 Å². The fraction of sp³-hybridized carbons (Fsp3) is 0.0769. The molecule has 0 aliphatic carbocycles. The molecule has 0 fully saturated rings. The number of rotatable bonds is 3. The summed E-state index contributed by atoms with van der Waals surface area (Å²) in [6.45, 7) is 0. The summed E-state index contributed by atoms with van der Waals surface area (Å²) < 4.78 is 11.4. The predicted octanol–water partition coefficient (Wildman–Crippen LogP) is 5.14. The lowest BCUT2D eigenvalue weighted by molar-refractivity contribution is 0.413. The van der Waals surface area contributed by atoms with Gasteiger partial charge in [-0.2, -0.15) is 0 Å². The number of ether oxygens (including phenoxy) is 2. The molecule has 2 aromatic carbocycles. The van der Waals surface area contributed by atoms with Gasteiger partial charge in [-0.15, -0.1) is 0 Å². The van der Waals surface area contributed by atoms with Gasteiger partial charge in [-0.25, -0.2) is 0 Å². The average molecular weight is 363 g/mol. The fourth-order valence-corrected chi connectivity index (χ4v) is 2.28. The molecule has 2 rings (SSSR count). The van der Waals surface area contributed by atoms with Crippen LogP contribution in [-0.4, -0.2) is 7.11 Å². The van der Waals surface area contributed by atoms with Crippen molar-refractivity contribution in [2.45, 2.75) is 0 Å². The summed E-state index contributed by atoms with van der Waals surface area (Å²) in [7, 11) is 1.57. The second kappa shape index (κ2) is 5.90. The van der Waals surface area contributed by atoms with Crippen molar-refractivity contribution in [2.75, 3.05) is 12.8 Å². The van der Waals surface area contributed by atoms with E-state index < -0.39 is 0 Å². The topological polar surface area (TPSA) is 44.5 Å². The van der Waals surface area contributed by atoms with Crippen LogP contribution in [0.2, 0.25) is 10.0 Å². The first-order valence-corrected chi connectivity index (χ1v) is 6.82. The summed E-state index contributed by atoms with van der Waals surface area (Å²) in [5.74, 6) is 1.58. The smallest absolute Gasteiger partial charge is 0.150 e. The van der Waals surface area contributed by atoms with Crippen molar-refractivity contribution >= 4 is 44.8 Å². The van der Waals surface area contributed by atoms with E-state index in [9.17, 15) is 0 Å². The van der Waals surface area contributed by atoms with E-state index in [-0.39, 0.29) is 0 Å². The molecule has 6 heteroatoms. The zero-order chi connectivity index (χ0) is 14.0. The highest BCUT2D eigenvalue weighted by Crippen LogP contribution is 2.38. The number of hydrogen-bond donors (Lipinski definition) is 1. The number of halogens is 3. The van der Waals surface area contributed by atoms with Crippen LogP contribution in [0.25, 0.3) is 0 Å². The van der Waals surface area contributed by atoms with Crippen LogP contribution in [0, 0.1) is 0 Å². The molecule has 0 spiro atoms. The maximum atomic E-state index is 6.08. The van der Waals surface area contributed by atoms with E-state index in [1.807, 2.05) is 0 Å². The lowest BCUT2D eigenvalue weighted by Crippen LogP contribution is -1.94. The van der Waals surface area contributed by atoms with Gasteiger partial charge >= 0.3 is 0 Å². The lowest BCUT2D eigenvalue weighted by atomic mass is 10.2. The standard InChI is InChI=1S/C13H10BrCl2NO2/c1-18-7-2-3-12(11(17)4-7)19-13-6-9(15)8(14)5-10(13)16/h2-6H,17H2,1H3. The van der Waals surface area contributed by atoms with Gasteiger partial charge in [-0.1, -0.05) is 23.2 Å². The number of benzene rings is 2. The monoisotopic (exact) mass is 361 g/mol. The van der Waals surface area contributed by atoms with E-state index >= 15 is 0 Å². The number of nitrogen functional groups attached to an aromatic ring is 1. The third-order valence-corrected chi connectivity index (χ3v) is 3.90. The Bertz CT molecular complexity index is 620. The average Bonchev–Trinajstić information content (AvgIpc) is 2.38. The number of anilines is 1. The van der Waals surface area contributed by atoms with Gasteiger partial charge < -0.3 is 15.2 Å². The molecule has 0 bridgehead atoms. The molecule has 0 saturated carbocycles. The van der Waals surface area contributed by atoms with Gasteiger partial charge in [0.2, 0.25) is 0 Å². The van der Waals surface area contributed by atoms with Crippen LogP contribution < -0.4 is 15.2 Å². The minimum atomic E-state index is 0.437. The molecule has 0 heterocycles. The summed E-state index contributed by atoms with van der Waals surface area (Å²) in [6.07, 6.45) is 0. The first-order valence-electron chi connectivity index (χ1n) is 5.27. The second-order valence-electron chi connectivity index (χ2n) is 3.70. The molecule has 0 aliphatic rings. The first kappa shape index (κ1) is 14.3. The van der Waals surface area contributed by atoms with E-state index in [0.717, 1.165) is 0 Å². The molecule has 0 aromatic heterocycles. The SMILES string of the molecule is COc1ccc(Oc2cc(Cl)c(Br)cc2Cl)c(N)c1. The van der Waals surface area contributed by atoms with Gasteiger partial charge in [0.15, 0.2) is 5.75 Å². The molecule has 0 amide bonds. The molecule has 0 atom stereocenters. The zero-order valence-electron chi connectivity index (χ0n) is 9.91. The minimum absolute atomic E-state index is 0.437. The van der Waals surface area contributed by atoms with Gasteiger partial charge in [0.25, 0.3) is 0 Å². The van der Waals surface area contributed by atoms with E-state index in [0.29, 0.717) is 37.5 Å². The largest absolute Gasteiger partial charge is 0.497 e. The molecule has 2 aromatic rings. The van der Waals surface area contributed by atoms with E-state index in [1.54, 1.807) is 37.4 Å². The number of nitrogens with two attached hydrogens (primary N) is 1. The van der Waals surface area contributed by atoms with Gasteiger partial charge in [0.05, 0.1) is 22.8 Å². The van der Waals surface area contributed by atoms with Gasteiger partial charge in [-0.3, -0.25) is 0 Å². The van der Waals surface area contributed by atoms with Crippen molar-refractivity contribution in [3.05, 3.63) is 44.8 Å². The highest BCUT2D eigenvalue weighted by Gasteiger charge is 2.10. The summed E-state index contributed by atoms with van der Waals surface area (Å²) in [5, 5.41) is 0.943. The molecule has 0 saturated heterocycles. The Balaban J connectivity index is 2.33. The van der Waals surface area contributed by atoms with E-state index in [2.05, 4.69) is 15.9 Å². The fourth-order valence-electron chi connectivity index (χ4n) is 1.45. The van der Waals surface area contributed by atoms with Crippen LogP contribution in [0.1, 0.15) is 0 Å². The van der Waals surface area contributed by atoms with Crippen molar-refractivity contribution < 1.29 is 9.47 Å². The van der Waals surface area contributed by atoms with Crippen LogP contribution in [0.3, 0.4) is 0 Å². The maximum Gasteiger partial charge on any atom is 0.150 e. The second-order valence-corrected chi connectivity index (χ2v) is 5.37. The third kappa shape index (κ3) is 3.26. The lowest BCUT2D eigenvalue weighted by Gasteiger charge is -2.11. The molecule has 0 unspecified atom stereocenters. The summed E-state index contributed by atoms with van der Waals surface area (Å²) >= 11 is 15.4. The van der Waals surface area contributed by atoms with Crippen LogP contribution in [0.15, 0.2) is 34.8 Å². The van der Waals surface area contributed by atoms with Gasteiger partial charge in [0, 0.05) is 16.6 Å². The Labute approximate surface area is 129 Å². The summed E-state index contributed by atoms with van der Waals surface area (Å²) in [5.41, 5.74) is 6.33. The molecule has 2 N–H and O–H groups in total. The first-order chi connectivity index (χ1) is 9.01. The van der Waals surface area contributed by atoms with Crippen LogP contribution in [0.4, 0.5) is 5.69 Å². The third-order valence-electron chi connectivity index (χ3n) is 2.41. The Morgan fingerprint density at radius 3 is 2.42 bits per heavy atom. The molecule has 3 nitrogen and oxygen atoms in total. The van der Waals surface area contributed by atoms with Crippen molar-refractivity contribution in [3.63, 3.8) is 0 Å². The zero-order valence-corrected chi connectivity index (χ0v) is 13.0. The van der Waals surface area contributed by atoms with Crippen molar-refractivity contribution in [1.29, 1.82) is 0 Å². The van der Waals surface area contributed by atoms with E-state index in [4.69, 9.17) is 38.4 Å². The predicted molar refractivity (Wildman–Crippen MR) is 81.6 cm³/mol. The number of methoxy groups -OCH3 is 1. The van der Waals surface area contributed by atoms with Crippen LogP contribution in [0.5, 0.6) is 17.2 Å². The normalized spacial score (nSPS) is 10.3.